The van der Waals surface area contributed by atoms with Crippen molar-refractivity contribution >= 4 is 40.0 Å². The zero-order chi connectivity index (χ0) is 27.3. The quantitative estimate of drug-likeness (QED) is 0.262. The molecule has 4 rings (SSSR count). The van der Waals surface area contributed by atoms with Crippen LogP contribution in [0.2, 0.25) is 0 Å². The van der Waals surface area contributed by atoms with Crippen LogP contribution < -0.4 is 15.4 Å². The van der Waals surface area contributed by atoms with Gasteiger partial charge in [0.2, 0.25) is 0 Å². The lowest BCUT2D eigenvalue weighted by molar-refractivity contribution is -0.121. The molecule has 3 aromatic carbocycles. The zero-order valence-electron chi connectivity index (χ0n) is 22.7. The summed E-state index contributed by atoms with van der Waals surface area (Å²) in [4.78, 5) is 14.0. The Balaban J connectivity index is 1.35. The molecule has 0 fully saturated rings. The minimum absolute atomic E-state index is 0.0582. The van der Waals surface area contributed by atoms with Gasteiger partial charge in [0.1, 0.15) is 16.8 Å². The molecule has 1 amide bonds. The highest BCUT2D eigenvalue weighted by atomic mass is 32.1. The number of fused-ring (bicyclic) bond motifs is 1. The average Bonchev–Trinajstić information content (AvgIpc) is 3.29. The number of amides is 1. The van der Waals surface area contributed by atoms with Gasteiger partial charge in [0.25, 0.3) is 5.91 Å². The number of aryl methyl sites for hydroxylation is 2. The van der Waals surface area contributed by atoms with E-state index in [9.17, 15) is 4.79 Å². The van der Waals surface area contributed by atoms with Crippen molar-refractivity contribution in [3.63, 3.8) is 0 Å². The summed E-state index contributed by atoms with van der Waals surface area (Å²) in [5, 5.41) is 15.2. The molecular formula is C30H35N5O2S. The van der Waals surface area contributed by atoms with Gasteiger partial charge in [-0.05, 0) is 90.5 Å². The Bertz CT molecular complexity index is 1420. The number of ether oxygens (including phenoxy) is 1. The van der Waals surface area contributed by atoms with Gasteiger partial charge in [0.15, 0.2) is 11.7 Å². The number of benzene rings is 3. The molecule has 1 aromatic heterocycles. The molecule has 0 aliphatic heterocycles. The van der Waals surface area contributed by atoms with Gasteiger partial charge in [-0.3, -0.25) is 10.1 Å². The Hall–Kier alpha value is -3.78. The molecule has 0 atom stereocenters. The molecule has 7 nitrogen and oxygen atoms in total. The fraction of sp³-hybridized carbons (Fsp3) is 0.333. The zero-order valence-corrected chi connectivity index (χ0v) is 23.5. The standard InChI is InChI=1S/C30H35N5O2S/c1-6-7-8-21-9-13-23(14-10-21)35-33-26-17-20(2)25(18-27(26)34-35)31-29(38)32-28(36)19-37-24-15-11-22(12-16-24)30(3,4)5/h9-18H,6-8,19H2,1-5H3,(H2,31,32,36,38). The summed E-state index contributed by atoms with van der Waals surface area (Å²) >= 11 is 5.37. The van der Waals surface area contributed by atoms with Crippen molar-refractivity contribution in [2.24, 2.45) is 0 Å². The Labute approximate surface area is 229 Å². The molecule has 198 valence electrons. The highest BCUT2D eigenvalue weighted by Gasteiger charge is 2.14. The molecule has 0 bridgehead atoms. The normalized spacial score (nSPS) is 11.4. The topological polar surface area (TPSA) is 81.1 Å². The van der Waals surface area contributed by atoms with Crippen LogP contribution in [0, 0.1) is 6.92 Å². The number of nitrogens with zero attached hydrogens (tertiary/aromatic N) is 3. The predicted molar refractivity (Wildman–Crippen MR) is 157 cm³/mol. The Morgan fingerprint density at radius 3 is 2.29 bits per heavy atom. The first kappa shape index (κ1) is 27.3. The largest absolute Gasteiger partial charge is 0.484 e. The SMILES string of the molecule is CCCCc1ccc(-n2nc3cc(C)c(NC(=S)NC(=O)COc4ccc(C(C)(C)C)cc4)cc3n2)cc1. The molecule has 2 N–H and O–H groups in total. The van der Waals surface area contributed by atoms with Gasteiger partial charge in [-0.25, -0.2) is 0 Å². The van der Waals surface area contributed by atoms with E-state index < -0.39 is 0 Å². The smallest absolute Gasteiger partial charge is 0.264 e. The maximum absolute atomic E-state index is 12.4. The summed E-state index contributed by atoms with van der Waals surface area (Å²) < 4.78 is 5.62. The van der Waals surface area contributed by atoms with E-state index in [2.05, 4.69) is 60.7 Å². The molecule has 0 radical (unpaired) electrons. The molecule has 0 aliphatic carbocycles. The average molecular weight is 530 g/mol. The summed E-state index contributed by atoms with van der Waals surface area (Å²) in [5.74, 6) is 0.293. The van der Waals surface area contributed by atoms with Crippen LogP contribution in [0.4, 0.5) is 5.69 Å². The molecule has 4 aromatic rings. The summed E-state index contributed by atoms with van der Waals surface area (Å²) in [6.07, 6.45) is 3.43. The molecule has 0 spiro atoms. The fourth-order valence-electron chi connectivity index (χ4n) is 4.01. The van der Waals surface area contributed by atoms with Crippen molar-refractivity contribution in [3.8, 4) is 11.4 Å². The van der Waals surface area contributed by atoms with Crippen LogP contribution in [0.5, 0.6) is 5.75 Å². The highest BCUT2D eigenvalue weighted by Crippen LogP contribution is 2.25. The van der Waals surface area contributed by atoms with Crippen molar-refractivity contribution in [1.82, 2.24) is 20.3 Å². The van der Waals surface area contributed by atoms with Gasteiger partial charge in [0, 0.05) is 5.69 Å². The second-order valence-electron chi connectivity index (χ2n) is 10.5. The van der Waals surface area contributed by atoms with Crippen molar-refractivity contribution in [2.45, 2.75) is 59.3 Å². The maximum atomic E-state index is 12.4. The van der Waals surface area contributed by atoms with Crippen LogP contribution in [-0.4, -0.2) is 32.6 Å². The number of hydrogen-bond acceptors (Lipinski definition) is 5. The number of rotatable bonds is 8. The Morgan fingerprint density at radius 2 is 1.66 bits per heavy atom. The summed E-state index contributed by atoms with van der Waals surface area (Å²) in [6, 6.07) is 19.9. The number of hydrogen-bond donors (Lipinski definition) is 2. The van der Waals surface area contributed by atoms with Gasteiger partial charge >= 0.3 is 0 Å². The van der Waals surface area contributed by atoms with E-state index in [1.165, 1.54) is 24.0 Å². The molecule has 0 saturated carbocycles. The molecule has 0 aliphatic rings. The van der Waals surface area contributed by atoms with E-state index in [0.29, 0.717) is 5.75 Å². The highest BCUT2D eigenvalue weighted by molar-refractivity contribution is 7.80. The van der Waals surface area contributed by atoms with Crippen molar-refractivity contribution in [1.29, 1.82) is 0 Å². The first-order valence-corrected chi connectivity index (χ1v) is 13.3. The van der Waals surface area contributed by atoms with Gasteiger partial charge in [-0.2, -0.15) is 4.80 Å². The van der Waals surface area contributed by atoms with E-state index in [1.807, 2.05) is 55.5 Å². The second-order valence-corrected chi connectivity index (χ2v) is 10.9. The Kier molecular flexibility index (Phi) is 8.42. The molecular weight excluding hydrogens is 494 g/mol. The van der Waals surface area contributed by atoms with E-state index in [-0.39, 0.29) is 23.0 Å². The van der Waals surface area contributed by atoms with Crippen molar-refractivity contribution in [3.05, 3.63) is 77.4 Å². The Morgan fingerprint density at radius 1 is 1.00 bits per heavy atom. The van der Waals surface area contributed by atoms with Crippen LogP contribution in [0.3, 0.4) is 0 Å². The second kappa shape index (κ2) is 11.7. The van der Waals surface area contributed by atoms with Crippen LogP contribution in [0.15, 0.2) is 60.7 Å². The minimum atomic E-state index is -0.338. The number of carbonyl (C=O) groups is 1. The monoisotopic (exact) mass is 529 g/mol. The minimum Gasteiger partial charge on any atom is -0.484 e. The first-order chi connectivity index (χ1) is 18.1. The van der Waals surface area contributed by atoms with Gasteiger partial charge < -0.3 is 10.1 Å². The van der Waals surface area contributed by atoms with E-state index in [4.69, 9.17) is 17.0 Å². The van der Waals surface area contributed by atoms with Crippen LogP contribution in [0.25, 0.3) is 16.7 Å². The van der Waals surface area contributed by atoms with E-state index in [1.54, 1.807) is 4.80 Å². The number of anilines is 1. The van der Waals surface area contributed by atoms with Crippen molar-refractivity contribution < 1.29 is 9.53 Å². The number of thiocarbonyl (C=S) groups is 1. The summed E-state index contributed by atoms with van der Waals surface area (Å²) in [6.45, 7) is 10.5. The maximum Gasteiger partial charge on any atom is 0.264 e. The first-order valence-electron chi connectivity index (χ1n) is 12.9. The third-order valence-electron chi connectivity index (χ3n) is 6.30. The lowest BCUT2D eigenvalue weighted by Crippen LogP contribution is -2.37. The van der Waals surface area contributed by atoms with Crippen LogP contribution in [0.1, 0.15) is 57.2 Å². The van der Waals surface area contributed by atoms with Crippen LogP contribution >= 0.6 is 12.2 Å². The summed E-state index contributed by atoms with van der Waals surface area (Å²) in [5.41, 5.74) is 6.68. The lowest BCUT2D eigenvalue weighted by atomic mass is 9.87. The molecule has 8 heteroatoms. The van der Waals surface area contributed by atoms with Crippen molar-refractivity contribution in [2.75, 3.05) is 11.9 Å². The lowest BCUT2D eigenvalue weighted by Gasteiger charge is -2.19. The van der Waals surface area contributed by atoms with Gasteiger partial charge in [-0.15, -0.1) is 10.2 Å². The molecule has 0 unspecified atom stereocenters. The molecule has 1 heterocycles. The van der Waals surface area contributed by atoms with E-state index in [0.717, 1.165) is 34.4 Å². The predicted octanol–water partition coefficient (Wildman–Crippen LogP) is 6.26. The van der Waals surface area contributed by atoms with Gasteiger partial charge in [0.05, 0.1) is 5.69 Å². The van der Waals surface area contributed by atoms with E-state index >= 15 is 0 Å². The van der Waals surface area contributed by atoms with Crippen LogP contribution in [-0.2, 0) is 16.6 Å². The summed E-state index contributed by atoms with van der Waals surface area (Å²) in [7, 11) is 0. The molecule has 38 heavy (non-hydrogen) atoms. The van der Waals surface area contributed by atoms with Gasteiger partial charge in [-0.1, -0.05) is 58.4 Å². The fourth-order valence-corrected chi connectivity index (χ4v) is 4.24. The molecule has 0 saturated heterocycles. The number of carbonyl (C=O) groups excluding carboxylic acids is 1. The number of aromatic nitrogens is 3. The third-order valence-corrected chi connectivity index (χ3v) is 6.51. The number of unbranched alkanes of at least 4 members (excludes halogenated alkanes) is 1. The number of nitrogens with one attached hydrogen (secondary N) is 2. The third kappa shape index (κ3) is 6.95.